The maximum atomic E-state index is 13.3. The molecular weight excluding hydrogens is 531 g/mol. The van der Waals surface area contributed by atoms with Gasteiger partial charge in [-0.15, -0.1) is 11.8 Å². The first-order valence-electron chi connectivity index (χ1n) is 10.5. The highest BCUT2D eigenvalue weighted by molar-refractivity contribution is 9.10. The van der Waals surface area contributed by atoms with Crippen LogP contribution in [0, 0.1) is 5.92 Å². The van der Waals surface area contributed by atoms with E-state index in [1.807, 2.05) is 45.0 Å². The number of rotatable bonds is 11. The summed E-state index contributed by atoms with van der Waals surface area (Å²) in [6.07, 6.45) is 0.512. The topological polar surface area (TPSA) is 49.4 Å². The van der Waals surface area contributed by atoms with Gasteiger partial charge in [-0.2, -0.15) is 0 Å². The van der Waals surface area contributed by atoms with Gasteiger partial charge in [0.2, 0.25) is 11.8 Å². The summed E-state index contributed by atoms with van der Waals surface area (Å²) in [4.78, 5) is 27.8. The Bertz CT molecular complexity index is 909. The molecule has 0 aliphatic carbocycles. The predicted octanol–water partition coefficient (Wildman–Crippen LogP) is 6.57. The van der Waals surface area contributed by atoms with E-state index in [9.17, 15) is 9.59 Å². The highest BCUT2D eigenvalue weighted by Crippen LogP contribution is 2.24. The number of carbonyl (C=O) groups is 2. The summed E-state index contributed by atoms with van der Waals surface area (Å²) in [7, 11) is 0. The van der Waals surface area contributed by atoms with Crippen LogP contribution in [0.25, 0.3) is 0 Å². The first-order valence-corrected chi connectivity index (χ1v) is 13.2. The van der Waals surface area contributed by atoms with Gasteiger partial charge in [0.15, 0.2) is 0 Å². The van der Waals surface area contributed by atoms with Crippen LogP contribution in [0.4, 0.5) is 0 Å². The van der Waals surface area contributed by atoms with Gasteiger partial charge in [-0.3, -0.25) is 9.59 Å². The van der Waals surface area contributed by atoms with Crippen molar-refractivity contribution in [2.75, 3.05) is 12.3 Å². The average Bonchev–Trinajstić information content (AvgIpc) is 2.74. The van der Waals surface area contributed by atoms with Crippen LogP contribution in [0.15, 0.2) is 46.9 Å². The van der Waals surface area contributed by atoms with E-state index in [2.05, 4.69) is 21.2 Å². The fraction of sp³-hybridized carbons (Fsp3) is 0.417. The fourth-order valence-corrected chi connectivity index (χ4v) is 4.70. The van der Waals surface area contributed by atoms with Crippen LogP contribution >= 0.6 is 50.9 Å². The number of benzene rings is 2. The number of amides is 2. The molecule has 174 valence electrons. The molecule has 0 aliphatic heterocycles. The third-order valence-corrected chi connectivity index (χ3v) is 6.94. The van der Waals surface area contributed by atoms with E-state index in [-0.39, 0.29) is 24.1 Å². The number of hydrogen-bond donors (Lipinski definition) is 1. The largest absolute Gasteiger partial charge is 0.354 e. The molecule has 8 heteroatoms. The molecule has 2 amide bonds. The minimum atomic E-state index is -0.568. The van der Waals surface area contributed by atoms with Crippen LogP contribution in [0.1, 0.15) is 38.3 Å². The van der Waals surface area contributed by atoms with Crippen LogP contribution in [-0.4, -0.2) is 35.1 Å². The second-order valence-corrected chi connectivity index (χ2v) is 10.7. The maximum Gasteiger partial charge on any atom is 0.242 e. The van der Waals surface area contributed by atoms with Crippen molar-refractivity contribution in [1.82, 2.24) is 10.2 Å². The van der Waals surface area contributed by atoms with Crippen LogP contribution in [-0.2, 0) is 21.9 Å². The Morgan fingerprint density at radius 2 is 1.81 bits per heavy atom. The molecule has 1 unspecified atom stereocenters. The summed E-state index contributed by atoms with van der Waals surface area (Å²) in [6, 6.07) is 12.7. The molecule has 0 saturated carbocycles. The summed E-state index contributed by atoms with van der Waals surface area (Å²) >= 11 is 17.4. The lowest BCUT2D eigenvalue weighted by Crippen LogP contribution is -2.50. The summed E-state index contributed by atoms with van der Waals surface area (Å²) in [6.45, 7) is 6.81. The molecule has 0 aliphatic rings. The van der Waals surface area contributed by atoms with Gasteiger partial charge in [-0.1, -0.05) is 78.1 Å². The zero-order valence-corrected chi connectivity index (χ0v) is 22.5. The van der Waals surface area contributed by atoms with Gasteiger partial charge in [0.1, 0.15) is 6.04 Å². The Morgan fingerprint density at radius 1 is 1.12 bits per heavy atom. The molecule has 1 atom stereocenters. The van der Waals surface area contributed by atoms with Crippen molar-refractivity contribution < 1.29 is 9.59 Å². The molecule has 4 nitrogen and oxygen atoms in total. The molecule has 0 radical (unpaired) electrons. The molecule has 1 N–H and O–H groups in total. The first kappa shape index (κ1) is 27.0. The van der Waals surface area contributed by atoms with Gasteiger partial charge >= 0.3 is 0 Å². The van der Waals surface area contributed by atoms with Gasteiger partial charge in [0, 0.05) is 33.4 Å². The van der Waals surface area contributed by atoms with Crippen LogP contribution < -0.4 is 5.32 Å². The van der Waals surface area contributed by atoms with Crippen molar-refractivity contribution in [3.63, 3.8) is 0 Å². The highest BCUT2D eigenvalue weighted by Gasteiger charge is 2.29. The minimum Gasteiger partial charge on any atom is -0.354 e. The first-order chi connectivity index (χ1) is 15.2. The minimum absolute atomic E-state index is 0.0929. The third kappa shape index (κ3) is 8.62. The molecule has 0 aromatic heterocycles. The molecule has 0 saturated heterocycles. The van der Waals surface area contributed by atoms with Crippen LogP contribution in [0.2, 0.25) is 10.0 Å². The fourth-order valence-electron chi connectivity index (χ4n) is 3.10. The number of nitrogens with zero attached hydrogens (tertiary/aromatic N) is 1. The quantitative estimate of drug-likeness (QED) is 0.339. The number of nitrogens with one attached hydrogen (secondary N) is 1. The van der Waals surface area contributed by atoms with E-state index >= 15 is 0 Å². The van der Waals surface area contributed by atoms with Crippen molar-refractivity contribution in [3.05, 3.63) is 68.1 Å². The lowest BCUT2D eigenvalue weighted by atomic mass is 10.1. The smallest absolute Gasteiger partial charge is 0.242 e. The van der Waals surface area contributed by atoms with Gasteiger partial charge in [0.25, 0.3) is 0 Å². The van der Waals surface area contributed by atoms with Gasteiger partial charge < -0.3 is 10.2 Å². The van der Waals surface area contributed by atoms with Crippen molar-refractivity contribution in [1.29, 1.82) is 0 Å². The molecule has 0 heterocycles. The van der Waals surface area contributed by atoms with Crippen molar-refractivity contribution in [3.8, 4) is 0 Å². The molecule has 2 rings (SSSR count). The van der Waals surface area contributed by atoms with Crippen molar-refractivity contribution in [2.45, 2.75) is 45.5 Å². The van der Waals surface area contributed by atoms with E-state index in [1.165, 1.54) is 11.8 Å². The van der Waals surface area contributed by atoms with E-state index in [0.717, 1.165) is 15.6 Å². The lowest BCUT2D eigenvalue weighted by molar-refractivity contribution is -0.139. The Balaban J connectivity index is 2.15. The van der Waals surface area contributed by atoms with Crippen LogP contribution in [0.3, 0.4) is 0 Å². The SMILES string of the molecule is CCC(C(=O)NCC(C)C)N(Cc1ccc(Cl)cc1Cl)C(=O)CSCc1ccc(Br)cc1. The molecule has 2 aromatic carbocycles. The molecule has 2 aromatic rings. The monoisotopic (exact) mass is 558 g/mol. The Morgan fingerprint density at radius 3 is 2.41 bits per heavy atom. The Hall–Kier alpha value is -1.21. The van der Waals surface area contributed by atoms with Gasteiger partial charge in [-0.05, 0) is 47.7 Å². The standard InChI is InChI=1S/C24H29BrCl2N2O2S/c1-4-22(24(31)28-12-16(2)3)29(13-18-7-10-20(26)11-21(18)27)23(30)15-32-14-17-5-8-19(25)9-6-17/h5-11,16,22H,4,12-15H2,1-3H3,(H,28,31). The van der Waals surface area contributed by atoms with E-state index in [0.29, 0.717) is 34.7 Å². The third-order valence-electron chi connectivity index (χ3n) is 4.83. The van der Waals surface area contributed by atoms with E-state index in [4.69, 9.17) is 23.2 Å². The zero-order valence-electron chi connectivity index (χ0n) is 18.5. The lowest BCUT2D eigenvalue weighted by Gasteiger charge is -2.31. The number of carbonyl (C=O) groups excluding carboxylic acids is 2. The normalized spacial score (nSPS) is 12.0. The highest BCUT2D eigenvalue weighted by atomic mass is 79.9. The van der Waals surface area contributed by atoms with Crippen LogP contribution in [0.5, 0.6) is 0 Å². The number of thioether (sulfide) groups is 1. The summed E-state index contributed by atoms with van der Waals surface area (Å²) < 4.78 is 1.02. The summed E-state index contributed by atoms with van der Waals surface area (Å²) in [5.74, 6) is 1.08. The molecule has 0 spiro atoms. The molecular formula is C24H29BrCl2N2O2S. The Kier molecular flexibility index (Phi) is 11.4. The molecule has 0 bridgehead atoms. The summed E-state index contributed by atoms with van der Waals surface area (Å²) in [5, 5.41) is 3.98. The predicted molar refractivity (Wildman–Crippen MR) is 139 cm³/mol. The van der Waals surface area contributed by atoms with E-state index in [1.54, 1.807) is 23.1 Å². The second-order valence-electron chi connectivity index (χ2n) is 7.94. The molecule has 32 heavy (non-hydrogen) atoms. The number of halogens is 3. The maximum absolute atomic E-state index is 13.3. The average molecular weight is 560 g/mol. The van der Waals surface area contributed by atoms with Crippen molar-refractivity contribution >= 4 is 62.7 Å². The number of hydrogen-bond acceptors (Lipinski definition) is 3. The Labute approximate surface area is 213 Å². The van der Waals surface area contributed by atoms with Gasteiger partial charge in [0.05, 0.1) is 5.75 Å². The van der Waals surface area contributed by atoms with E-state index < -0.39 is 6.04 Å². The second kappa shape index (κ2) is 13.5. The summed E-state index contributed by atoms with van der Waals surface area (Å²) in [5.41, 5.74) is 1.90. The van der Waals surface area contributed by atoms with Gasteiger partial charge in [-0.25, -0.2) is 0 Å². The molecule has 0 fully saturated rings. The van der Waals surface area contributed by atoms with Crippen molar-refractivity contribution in [2.24, 2.45) is 5.92 Å². The zero-order chi connectivity index (χ0) is 23.7.